The van der Waals surface area contributed by atoms with Crippen molar-refractivity contribution in [3.05, 3.63) is 46.7 Å². The summed E-state index contributed by atoms with van der Waals surface area (Å²) < 4.78 is 19.8. The number of benzene rings is 1. The maximum Gasteiger partial charge on any atom is 0.329 e. The Bertz CT molecular complexity index is 979. The largest absolute Gasteiger partial charge is 0.336 e. The number of rotatable bonds is 4. The number of nitrogens with zero attached hydrogens (tertiary/aromatic N) is 2. The molecule has 3 aromatic rings. The Balaban J connectivity index is 0.00000243. The molecule has 0 aliphatic carbocycles. The quantitative estimate of drug-likeness (QED) is 0.516. The van der Waals surface area contributed by atoms with Crippen LogP contribution in [0.15, 0.2) is 33.8 Å². The third kappa shape index (κ3) is 4.79. The van der Waals surface area contributed by atoms with Crippen LogP contribution >= 0.6 is 11.6 Å². The molecule has 10 heteroatoms. The van der Waals surface area contributed by atoms with Crippen LogP contribution in [0.1, 0.15) is 18.2 Å². The number of halogens is 1. The molecule has 2 heterocycles. The number of urea groups is 1. The fourth-order valence-electron chi connectivity index (χ4n) is 2.21. The van der Waals surface area contributed by atoms with Crippen LogP contribution in [0.2, 0.25) is 5.02 Å². The summed E-state index contributed by atoms with van der Waals surface area (Å²) >= 11 is 5.85. The zero-order valence-corrected chi connectivity index (χ0v) is 19.3. The molecule has 0 saturated heterocycles. The third-order valence-corrected chi connectivity index (χ3v) is 4.70. The molecule has 2 aromatic heterocycles. The topological polar surface area (TPSA) is 97.1 Å². The second-order valence-electron chi connectivity index (χ2n) is 5.21. The van der Waals surface area contributed by atoms with Gasteiger partial charge in [0.1, 0.15) is 0 Å². The first-order valence-electron chi connectivity index (χ1n) is 7.39. The molecule has 2 N–H and O–H groups in total. The van der Waals surface area contributed by atoms with Crippen molar-refractivity contribution < 1.29 is 54.8 Å². The van der Waals surface area contributed by atoms with E-state index in [1.807, 2.05) is 6.92 Å². The molecule has 1 radical (unpaired) electrons. The molecular weight excluding hydrogens is 505 g/mol. The fourth-order valence-corrected chi connectivity index (χ4v) is 3.14. The Morgan fingerprint density at radius 2 is 2.19 bits per heavy atom. The van der Waals surface area contributed by atoms with Gasteiger partial charge in [-0.05, 0) is 12.5 Å². The van der Waals surface area contributed by atoms with Gasteiger partial charge in [-0.15, -0.1) is 11.6 Å². The second kappa shape index (κ2) is 9.21. The molecule has 0 aliphatic rings. The molecule has 0 spiro atoms. The van der Waals surface area contributed by atoms with Crippen LogP contribution in [-0.2, 0) is 17.4 Å². The van der Waals surface area contributed by atoms with Gasteiger partial charge in [-0.2, -0.15) is 23.7 Å². The van der Waals surface area contributed by atoms with Gasteiger partial charge in [0.25, 0.3) is 5.71 Å². The molecule has 7 nitrogen and oxygen atoms in total. The van der Waals surface area contributed by atoms with Crippen molar-refractivity contribution in [2.45, 2.75) is 25.2 Å². The SMILES string of the molecule is CCc1noc2ncc(S(=O)NC(=O)Nc3[c-]cc(Cl)cc3C)cc12.[Pr]. The van der Waals surface area contributed by atoms with E-state index in [0.29, 0.717) is 33.1 Å². The number of pyridine rings is 1. The molecule has 0 aliphatic heterocycles. The summed E-state index contributed by atoms with van der Waals surface area (Å²) in [5.41, 5.74) is 2.29. The number of hydrogen-bond donors (Lipinski definition) is 2. The van der Waals surface area contributed by atoms with Crippen LogP contribution in [0.5, 0.6) is 0 Å². The number of amides is 2. The maximum absolute atomic E-state index is 12.4. The van der Waals surface area contributed by atoms with Crippen LogP contribution in [0.25, 0.3) is 11.1 Å². The minimum absolute atomic E-state index is 0. The van der Waals surface area contributed by atoms with Crippen LogP contribution in [-0.4, -0.2) is 20.4 Å². The van der Waals surface area contributed by atoms with Crippen molar-refractivity contribution >= 4 is 45.4 Å². The summed E-state index contributed by atoms with van der Waals surface area (Å²) in [6.07, 6.45) is 2.04. The van der Waals surface area contributed by atoms with Crippen LogP contribution in [0.4, 0.5) is 10.5 Å². The van der Waals surface area contributed by atoms with E-state index in [2.05, 4.69) is 26.2 Å². The van der Waals surface area contributed by atoms with E-state index in [4.69, 9.17) is 16.1 Å². The normalized spacial score (nSPS) is 11.7. The van der Waals surface area contributed by atoms with Gasteiger partial charge in [0.2, 0.25) is 0 Å². The van der Waals surface area contributed by atoms with Gasteiger partial charge in [-0.25, -0.2) is 14.0 Å². The average molecular weight is 519 g/mol. The van der Waals surface area contributed by atoms with Gasteiger partial charge in [-0.1, -0.05) is 29.7 Å². The molecule has 0 bridgehead atoms. The van der Waals surface area contributed by atoms with Crippen molar-refractivity contribution in [1.29, 1.82) is 0 Å². The molecule has 2 amide bonds. The van der Waals surface area contributed by atoms with Gasteiger partial charge >= 0.3 is 6.03 Å². The van der Waals surface area contributed by atoms with E-state index in [9.17, 15) is 9.00 Å². The van der Waals surface area contributed by atoms with Gasteiger partial charge in [-0.3, -0.25) is 4.72 Å². The van der Waals surface area contributed by atoms with E-state index >= 15 is 0 Å². The molecule has 1 atom stereocenters. The van der Waals surface area contributed by atoms with Crippen molar-refractivity contribution in [3.8, 4) is 0 Å². The van der Waals surface area contributed by atoms with Gasteiger partial charge < -0.3 is 9.84 Å². The summed E-state index contributed by atoms with van der Waals surface area (Å²) in [5, 5.41) is 7.68. The minimum atomic E-state index is -1.78. The summed E-state index contributed by atoms with van der Waals surface area (Å²) in [5.74, 6) is 0. The molecule has 3 rings (SSSR count). The summed E-state index contributed by atoms with van der Waals surface area (Å²) in [6.45, 7) is 3.71. The van der Waals surface area contributed by atoms with Crippen LogP contribution < -0.4 is 10.0 Å². The molecular formula is C16H14ClN4O3PrS-. The molecule has 1 unspecified atom stereocenters. The molecule has 133 valence electrons. The van der Waals surface area contributed by atoms with Crippen molar-refractivity contribution in [1.82, 2.24) is 14.9 Å². The number of hydrogen-bond acceptors (Lipinski definition) is 5. The number of nitrogens with one attached hydrogen (secondary N) is 2. The third-order valence-electron chi connectivity index (χ3n) is 3.46. The Hall–Kier alpha value is -1.09. The van der Waals surface area contributed by atoms with E-state index in [1.165, 1.54) is 12.3 Å². The van der Waals surface area contributed by atoms with Crippen molar-refractivity contribution in [2.24, 2.45) is 0 Å². The standard InChI is InChI=1S/C16H14ClN4O3S.Pr/c1-3-13-12-7-11(8-18-15(12)24-20-13)25(23)21-16(22)19-14-5-4-10(17)6-9(14)2;/h4,6-8H,3H2,1-2H3,(H2,19,21,22);/q-1;. The Morgan fingerprint density at radius 3 is 2.88 bits per heavy atom. The monoisotopic (exact) mass is 518 g/mol. The molecule has 0 saturated carbocycles. The summed E-state index contributed by atoms with van der Waals surface area (Å²) in [7, 11) is -1.78. The number of anilines is 1. The van der Waals surface area contributed by atoms with Gasteiger partial charge in [0, 0.05) is 47.5 Å². The summed E-state index contributed by atoms with van der Waals surface area (Å²) in [6, 6.07) is 7.11. The minimum Gasteiger partial charge on any atom is -0.336 e. The Kier molecular flexibility index (Phi) is 7.52. The molecule has 1 aromatic carbocycles. The van der Waals surface area contributed by atoms with Crippen molar-refractivity contribution in [3.63, 3.8) is 0 Å². The van der Waals surface area contributed by atoms with Crippen molar-refractivity contribution in [2.75, 3.05) is 5.32 Å². The van der Waals surface area contributed by atoms with Crippen LogP contribution in [0.3, 0.4) is 0 Å². The van der Waals surface area contributed by atoms with E-state index in [1.54, 1.807) is 19.1 Å². The Morgan fingerprint density at radius 1 is 1.42 bits per heavy atom. The van der Waals surface area contributed by atoms with E-state index in [-0.39, 0.29) is 41.3 Å². The van der Waals surface area contributed by atoms with Crippen LogP contribution in [0, 0.1) is 54.3 Å². The predicted molar refractivity (Wildman–Crippen MR) is 94.8 cm³/mol. The number of aromatic nitrogens is 2. The first-order valence-corrected chi connectivity index (χ1v) is 8.92. The van der Waals surface area contributed by atoms with Gasteiger partial charge in [0.05, 0.1) is 16.0 Å². The first-order chi connectivity index (χ1) is 12.0. The van der Waals surface area contributed by atoms with E-state index in [0.717, 1.165) is 11.3 Å². The predicted octanol–water partition coefficient (Wildman–Crippen LogP) is 3.39. The second-order valence-corrected chi connectivity index (χ2v) is 6.86. The van der Waals surface area contributed by atoms with E-state index < -0.39 is 17.0 Å². The average Bonchev–Trinajstić information content (AvgIpc) is 2.99. The number of carbonyl (C=O) groups excluding carboxylic acids is 1. The number of aryl methyl sites for hydroxylation is 2. The molecule has 0 fully saturated rings. The maximum atomic E-state index is 12.4. The first kappa shape index (κ1) is 21.2. The zero-order chi connectivity index (χ0) is 18.0. The summed E-state index contributed by atoms with van der Waals surface area (Å²) in [4.78, 5) is 16.5. The number of fused-ring (bicyclic) bond motifs is 1. The smallest absolute Gasteiger partial charge is 0.329 e. The zero-order valence-electron chi connectivity index (χ0n) is 14.0. The fraction of sp³-hybridized carbons (Fsp3) is 0.188. The number of carbonyl (C=O) groups is 1. The van der Waals surface area contributed by atoms with Gasteiger partial charge in [0.15, 0.2) is 11.0 Å². The molecule has 26 heavy (non-hydrogen) atoms. The Labute approximate surface area is 190 Å².